The molecule has 0 bridgehead atoms. The van der Waals surface area contributed by atoms with Crippen LogP contribution in [-0.4, -0.2) is 49.8 Å². The van der Waals surface area contributed by atoms with Crippen LogP contribution >= 0.6 is 0 Å². The first-order valence-corrected chi connectivity index (χ1v) is 4.48. The van der Waals surface area contributed by atoms with Gasteiger partial charge in [-0.2, -0.15) is 0 Å². The van der Waals surface area contributed by atoms with E-state index in [9.17, 15) is 4.79 Å². The predicted octanol–water partition coefficient (Wildman–Crippen LogP) is -1.29. The lowest BCUT2D eigenvalue weighted by atomic mass is 10.3. The highest BCUT2D eigenvalue weighted by molar-refractivity contribution is 6.43. The van der Waals surface area contributed by atoms with Gasteiger partial charge in [0.25, 0.3) is 5.91 Å². The molecule has 0 saturated heterocycles. The smallest absolute Gasteiger partial charge is 0.381 e. The molecular formula is C9H14N4O2+. The van der Waals surface area contributed by atoms with E-state index in [1.807, 2.05) is 7.05 Å². The maximum absolute atomic E-state index is 10.9. The Kier molecular flexibility index (Phi) is 3.99. The highest BCUT2D eigenvalue weighted by Crippen LogP contribution is 1.93. The van der Waals surface area contributed by atoms with Crippen LogP contribution in [0.5, 0.6) is 0 Å². The molecule has 1 amide bonds. The van der Waals surface area contributed by atoms with Crippen LogP contribution in [0.25, 0.3) is 0 Å². The van der Waals surface area contributed by atoms with Gasteiger partial charge in [0.2, 0.25) is 5.71 Å². The number of likely N-dealkylation sites (N-methyl/N-ethyl adjacent to an activating group) is 1. The highest BCUT2D eigenvalue weighted by Gasteiger charge is 2.21. The molecule has 0 aromatic heterocycles. The molecular weight excluding hydrogens is 196 g/mol. The molecule has 0 aliphatic carbocycles. The van der Waals surface area contributed by atoms with Gasteiger partial charge in [0.05, 0.1) is 20.2 Å². The molecule has 0 saturated carbocycles. The Balaban J connectivity index is 2.68. The molecule has 0 spiro atoms. The number of nitrogens with two attached hydrogens (primary N) is 1. The average molecular weight is 210 g/mol. The van der Waals surface area contributed by atoms with Gasteiger partial charge in [-0.25, -0.2) is 0 Å². The van der Waals surface area contributed by atoms with Crippen molar-refractivity contribution in [3.05, 3.63) is 12.3 Å². The number of amides is 1. The number of ether oxygens (including phenoxy) is 1. The molecule has 1 aliphatic heterocycles. The number of methoxy groups -OCH3 is 1. The minimum atomic E-state index is -0.557. The monoisotopic (exact) mass is 210 g/mol. The Bertz CT molecular complexity index is 333. The third-order valence-corrected chi connectivity index (χ3v) is 1.87. The number of aliphatic imine (C=N–C) groups is 2. The van der Waals surface area contributed by atoms with Gasteiger partial charge in [0.15, 0.2) is 0 Å². The molecule has 0 aromatic rings. The van der Waals surface area contributed by atoms with Gasteiger partial charge in [-0.15, -0.1) is 0 Å². The van der Waals surface area contributed by atoms with E-state index in [0.29, 0.717) is 19.1 Å². The Morgan fingerprint density at radius 3 is 3.07 bits per heavy atom. The Morgan fingerprint density at radius 2 is 2.47 bits per heavy atom. The van der Waals surface area contributed by atoms with Crippen molar-refractivity contribution in [2.24, 2.45) is 10.7 Å². The molecule has 0 fully saturated rings. The second kappa shape index (κ2) is 5.26. The van der Waals surface area contributed by atoms with Crippen molar-refractivity contribution < 1.29 is 9.53 Å². The minimum absolute atomic E-state index is 0.212. The molecule has 15 heavy (non-hydrogen) atoms. The largest absolute Gasteiger partial charge is 0.428 e. The standard InChI is InChI=1S/C9H14N4O2/c1-13(5-6-15-2)9-11-4-3-7(12-9)8(10)14/h3-4H,5-6H2,1-2H3,(H2,10,14)/q+1. The van der Waals surface area contributed by atoms with Gasteiger partial charge in [0, 0.05) is 13.2 Å². The summed E-state index contributed by atoms with van der Waals surface area (Å²) in [4.78, 5) is 20.7. The average Bonchev–Trinajstić information content (AvgIpc) is 2.26. The Labute approximate surface area is 88.1 Å². The number of carbonyl (C=O) groups excluding carboxylic acids is 1. The van der Waals surface area contributed by atoms with Crippen LogP contribution in [0.1, 0.15) is 0 Å². The molecule has 1 aliphatic rings. The van der Waals surface area contributed by atoms with E-state index in [1.54, 1.807) is 12.0 Å². The fourth-order valence-electron chi connectivity index (χ4n) is 0.998. The van der Waals surface area contributed by atoms with Gasteiger partial charge >= 0.3 is 5.96 Å². The van der Waals surface area contributed by atoms with Gasteiger partial charge < -0.3 is 10.5 Å². The van der Waals surface area contributed by atoms with E-state index in [0.717, 1.165) is 0 Å². The molecule has 1 heterocycles. The summed E-state index contributed by atoms with van der Waals surface area (Å²) in [5.74, 6) is -0.0952. The van der Waals surface area contributed by atoms with Crippen LogP contribution in [0.3, 0.4) is 0 Å². The SMILES string of the molecule is COCCN(C)C1=NC=CC(C(N)=O)=[N+]1. The van der Waals surface area contributed by atoms with E-state index in [-0.39, 0.29) is 5.71 Å². The van der Waals surface area contributed by atoms with E-state index in [1.165, 1.54) is 12.3 Å². The second-order valence-corrected chi connectivity index (χ2v) is 3.02. The fourth-order valence-corrected chi connectivity index (χ4v) is 0.998. The van der Waals surface area contributed by atoms with Crippen molar-refractivity contribution in [2.75, 3.05) is 27.3 Å². The van der Waals surface area contributed by atoms with Crippen molar-refractivity contribution in [3.63, 3.8) is 0 Å². The summed E-state index contributed by atoms with van der Waals surface area (Å²) in [7, 11) is 3.44. The van der Waals surface area contributed by atoms with Crippen LogP contribution in [0.15, 0.2) is 17.3 Å². The maximum Gasteiger partial charge on any atom is 0.428 e. The number of nitrogens with zero attached hydrogens (tertiary/aromatic N) is 3. The van der Waals surface area contributed by atoms with E-state index in [4.69, 9.17) is 10.5 Å². The summed E-state index contributed by atoms with van der Waals surface area (Å²) in [6, 6.07) is 0. The lowest BCUT2D eigenvalue weighted by Crippen LogP contribution is -2.38. The van der Waals surface area contributed by atoms with Crippen molar-refractivity contribution in [1.82, 2.24) is 9.89 Å². The normalized spacial score (nSPS) is 14.5. The molecule has 6 heteroatoms. The van der Waals surface area contributed by atoms with Crippen LogP contribution in [-0.2, 0) is 9.53 Å². The first-order valence-electron chi connectivity index (χ1n) is 4.48. The van der Waals surface area contributed by atoms with Crippen LogP contribution in [0.2, 0.25) is 0 Å². The second-order valence-electron chi connectivity index (χ2n) is 3.02. The van der Waals surface area contributed by atoms with Gasteiger partial charge in [0.1, 0.15) is 6.20 Å². The van der Waals surface area contributed by atoms with Crippen molar-refractivity contribution in [1.29, 1.82) is 0 Å². The summed E-state index contributed by atoms with van der Waals surface area (Å²) in [6.45, 7) is 1.22. The number of hydrogen-bond acceptors (Lipinski definition) is 5. The predicted molar refractivity (Wildman–Crippen MR) is 57.4 cm³/mol. The number of hydrogen-bond donors (Lipinski definition) is 1. The van der Waals surface area contributed by atoms with Crippen LogP contribution in [0.4, 0.5) is 0 Å². The van der Waals surface area contributed by atoms with E-state index >= 15 is 0 Å². The third kappa shape index (κ3) is 3.17. The number of rotatable bonds is 4. The lowest BCUT2D eigenvalue weighted by molar-refractivity contribution is -0.111. The zero-order valence-electron chi connectivity index (χ0n) is 8.80. The molecule has 0 unspecified atom stereocenters. The zero-order chi connectivity index (χ0) is 11.3. The molecule has 0 aromatic carbocycles. The Morgan fingerprint density at radius 1 is 1.73 bits per heavy atom. The zero-order valence-corrected chi connectivity index (χ0v) is 8.80. The van der Waals surface area contributed by atoms with Crippen molar-refractivity contribution in [3.8, 4) is 0 Å². The summed E-state index contributed by atoms with van der Waals surface area (Å²) in [5, 5.41) is 0. The van der Waals surface area contributed by atoms with Gasteiger partial charge in [-0.3, -0.25) is 9.69 Å². The van der Waals surface area contributed by atoms with Crippen molar-refractivity contribution in [2.45, 2.75) is 0 Å². The summed E-state index contributed by atoms with van der Waals surface area (Å²) >= 11 is 0. The lowest BCUT2D eigenvalue weighted by Gasteiger charge is -2.09. The number of primary amides is 1. The summed E-state index contributed by atoms with van der Waals surface area (Å²) in [5.41, 5.74) is 5.32. The van der Waals surface area contributed by atoms with Crippen molar-refractivity contribution >= 4 is 17.6 Å². The molecule has 81 valence electrons. The molecule has 1 rings (SSSR count). The third-order valence-electron chi connectivity index (χ3n) is 1.87. The topological polar surface area (TPSA) is 82.0 Å². The molecule has 1 radical (unpaired) electrons. The number of carbonyl (C=O) groups is 1. The Hall–Kier alpha value is -1.69. The first-order chi connectivity index (χ1) is 7.15. The van der Waals surface area contributed by atoms with Gasteiger partial charge in [-0.05, 0) is 0 Å². The maximum atomic E-state index is 10.9. The fraction of sp³-hybridized carbons (Fsp3) is 0.444. The molecule has 2 N–H and O–H groups in total. The quantitative estimate of drug-likeness (QED) is 0.626. The minimum Gasteiger partial charge on any atom is -0.381 e. The first kappa shape index (κ1) is 11.4. The van der Waals surface area contributed by atoms with Gasteiger partial charge in [-0.1, -0.05) is 9.98 Å². The summed E-state index contributed by atoms with van der Waals surface area (Å²) in [6.07, 6.45) is 2.99. The molecule has 0 atom stereocenters. The summed E-state index contributed by atoms with van der Waals surface area (Å²) < 4.78 is 4.92. The van der Waals surface area contributed by atoms with Crippen LogP contribution in [0, 0.1) is 0 Å². The molecule has 6 nitrogen and oxygen atoms in total. The highest BCUT2D eigenvalue weighted by atomic mass is 16.5. The van der Waals surface area contributed by atoms with E-state index in [2.05, 4.69) is 9.98 Å². The van der Waals surface area contributed by atoms with Crippen LogP contribution < -0.4 is 10.7 Å². The van der Waals surface area contributed by atoms with E-state index < -0.39 is 5.91 Å². The number of guanidine groups is 1.